The molecule has 1 fully saturated rings. The lowest BCUT2D eigenvalue weighted by atomic mass is 10.1. The van der Waals surface area contributed by atoms with Gasteiger partial charge in [0, 0.05) is 50.9 Å². The van der Waals surface area contributed by atoms with E-state index in [1.165, 1.54) is 19.5 Å². The molecule has 214 valence electrons. The van der Waals surface area contributed by atoms with Gasteiger partial charge in [0.05, 0.1) is 18.1 Å². The van der Waals surface area contributed by atoms with Crippen molar-refractivity contribution in [1.82, 2.24) is 34.8 Å². The quantitative estimate of drug-likeness (QED) is 0.286. The first kappa shape index (κ1) is 26.9. The van der Waals surface area contributed by atoms with Crippen LogP contribution >= 0.6 is 0 Å². The maximum Gasteiger partial charge on any atom is 0.246 e. The fourth-order valence-corrected chi connectivity index (χ4v) is 4.90. The molecule has 4 heterocycles. The molecule has 1 amide bonds. The third-order valence-electron chi connectivity index (χ3n) is 7.26. The van der Waals surface area contributed by atoms with Crippen LogP contribution in [-0.4, -0.2) is 74.0 Å². The number of benzene rings is 2. The molecule has 0 unspecified atom stereocenters. The maximum atomic E-state index is 15.9. The van der Waals surface area contributed by atoms with Crippen molar-refractivity contribution in [2.24, 2.45) is 7.05 Å². The highest BCUT2D eigenvalue weighted by Gasteiger charge is 2.23. The van der Waals surface area contributed by atoms with E-state index in [2.05, 4.69) is 37.1 Å². The number of hydrogen-bond acceptors (Lipinski definition) is 10. The van der Waals surface area contributed by atoms with Gasteiger partial charge in [-0.3, -0.25) is 4.79 Å². The summed E-state index contributed by atoms with van der Waals surface area (Å²) in [5.41, 5.74) is 2.93. The molecule has 0 atom stereocenters. The topological polar surface area (TPSA) is 123 Å². The summed E-state index contributed by atoms with van der Waals surface area (Å²) >= 11 is 0. The molecule has 1 aliphatic heterocycles. The van der Waals surface area contributed by atoms with Crippen molar-refractivity contribution in [1.29, 1.82) is 0 Å². The molecule has 2 aromatic carbocycles. The summed E-state index contributed by atoms with van der Waals surface area (Å²) < 4.78 is 29.2. The van der Waals surface area contributed by atoms with E-state index in [1.54, 1.807) is 41.8 Å². The second kappa shape index (κ2) is 10.9. The SMILES string of the molecule is C=CC(=O)N1CCN(c2ccc3ncnc(Nc4c(OC)cc(Oc5ccc6c(c5)nnn6C)c(C)c4F)c3n2)CC1. The number of pyridine rings is 1. The van der Waals surface area contributed by atoms with E-state index in [0.29, 0.717) is 65.9 Å². The molecule has 1 saturated heterocycles. The lowest BCUT2D eigenvalue weighted by Gasteiger charge is -2.35. The number of carbonyl (C=O) groups excluding carboxylic acids is 1. The minimum atomic E-state index is -0.559. The van der Waals surface area contributed by atoms with Gasteiger partial charge < -0.3 is 24.6 Å². The zero-order valence-corrected chi connectivity index (χ0v) is 23.3. The third kappa shape index (κ3) is 4.89. The van der Waals surface area contributed by atoms with Gasteiger partial charge in [0.15, 0.2) is 11.6 Å². The van der Waals surface area contributed by atoms with Crippen LogP contribution in [0.3, 0.4) is 0 Å². The number of halogens is 1. The Morgan fingerprint density at radius 3 is 2.64 bits per heavy atom. The van der Waals surface area contributed by atoms with Crippen molar-refractivity contribution in [3.63, 3.8) is 0 Å². The number of nitrogens with one attached hydrogen (secondary N) is 1. The molecule has 13 heteroatoms. The Hall–Kier alpha value is -5.33. The average molecular weight is 570 g/mol. The molecule has 6 rings (SSSR count). The fourth-order valence-electron chi connectivity index (χ4n) is 4.90. The molecule has 42 heavy (non-hydrogen) atoms. The molecule has 12 nitrogen and oxygen atoms in total. The Morgan fingerprint density at radius 2 is 1.88 bits per heavy atom. The van der Waals surface area contributed by atoms with Crippen LogP contribution in [-0.2, 0) is 11.8 Å². The van der Waals surface area contributed by atoms with Crippen LogP contribution in [0.25, 0.3) is 22.1 Å². The average Bonchev–Trinajstić information content (AvgIpc) is 3.39. The first-order valence-corrected chi connectivity index (χ1v) is 13.3. The third-order valence-corrected chi connectivity index (χ3v) is 7.26. The van der Waals surface area contributed by atoms with Crippen molar-refractivity contribution in [3.05, 3.63) is 66.8 Å². The first-order chi connectivity index (χ1) is 20.4. The monoisotopic (exact) mass is 569 g/mol. The Bertz CT molecular complexity index is 1830. The predicted octanol–water partition coefficient (Wildman–Crippen LogP) is 4.13. The Morgan fingerprint density at radius 1 is 1.07 bits per heavy atom. The number of nitrogens with zero attached hydrogens (tertiary/aromatic N) is 8. The van der Waals surface area contributed by atoms with Gasteiger partial charge >= 0.3 is 0 Å². The van der Waals surface area contributed by atoms with Crippen LogP contribution < -0.4 is 19.7 Å². The van der Waals surface area contributed by atoms with E-state index in [-0.39, 0.29) is 22.9 Å². The zero-order valence-electron chi connectivity index (χ0n) is 23.3. The molecule has 0 aliphatic carbocycles. The highest BCUT2D eigenvalue weighted by atomic mass is 19.1. The number of methoxy groups -OCH3 is 1. The number of ether oxygens (including phenoxy) is 2. The molecule has 3 aromatic heterocycles. The lowest BCUT2D eigenvalue weighted by molar-refractivity contribution is -0.126. The number of amides is 1. The number of aromatic nitrogens is 6. The summed E-state index contributed by atoms with van der Waals surface area (Å²) in [4.78, 5) is 29.3. The fraction of sp³-hybridized carbons (Fsp3) is 0.241. The van der Waals surface area contributed by atoms with E-state index in [4.69, 9.17) is 14.5 Å². The molecule has 5 aromatic rings. The van der Waals surface area contributed by atoms with Gasteiger partial charge in [-0.15, -0.1) is 5.10 Å². The molecule has 0 bridgehead atoms. The van der Waals surface area contributed by atoms with Crippen LogP contribution in [0.4, 0.5) is 21.7 Å². The standard InChI is InChI=1S/C29H28FN9O3/c1-5-25(40)39-12-10-38(11-13-39)24-9-7-19-27(33-24)29(32-16-31-19)34-28-23(41-4)15-22(17(2)26(28)30)42-18-6-8-21-20(14-18)35-36-37(21)3/h5-9,14-16H,1,10-13H2,2-4H3,(H,31,32,34). The van der Waals surface area contributed by atoms with E-state index in [9.17, 15) is 4.79 Å². The molecular formula is C29H28FN9O3. The number of fused-ring (bicyclic) bond motifs is 2. The highest BCUT2D eigenvalue weighted by molar-refractivity contribution is 5.89. The Balaban J connectivity index is 1.29. The summed E-state index contributed by atoms with van der Waals surface area (Å²) in [7, 11) is 3.26. The number of rotatable bonds is 7. The summed E-state index contributed by atoms with van der Waals surface area (Å²) in [6, 6.07) is 10.7. The van der Waals surface area contributed by atoms with Gasteiger partial charge in [-0.1, -0.05) is 11.8 Å². The normalized spacial score (nSPS) is 13.4. The van der Waals surface area contributed by atoms with Crippen molar-refractivity contribution >= 4 is 45.3 Å². The van der Waals surface area contributed by atoms with E-state index < -0.39 is 5.82 Å². The summed E-state index contributed by atoms with van der Waals surface area (Å²) in [6.45, 7) is 7.53. The van der Waals surface area contributed by atoms with Crippen molar-refractivity contribution < 1.29 is 18.7 Å². The van der Waals surface area contributed by atoms with Gasteiger partial charge in [0.25, 0.3) is 0 Å². The second-order valence-corrected chi connectivity index (χ2v) is 9.76. The van der Waals surface area contributed by atoms with Crippen molar-refractivity contribution in [2.75, 3.05) is 43.5 Å². The molecule has 0 saturated carbocycles. The number of piperazine rings is 1. The summed E-state index contributed by atoms with van der Waals surface area (Å²) in [5.74, 6) is 1.38. The minimum absolute atomic E-state index is 0.0877. The predicted molar refractivity (Wildman–Crippen MR) is 156 cm³/mol. The smallest absolute Gasteiger partial charge is 0.246 e. The number of aryl methyl sites for hydroxylation is 1. The molecular weight excluding hydrogens is 541 g/mol. The minimum Gasteiger partial charge on any atom is -0.494 e. The van der Waals surface area contributed by atoms with Gasteiger partial charge in [0.1, 0.15) is 46.1 Å². The summed E-state index contributed by atoms with van der Waals surface area (Å²) in [6.07, 6.45) is 2.72. The summed E-state index contributed by atoms with van der Waals surface area (Å²) in [5, 5.41) is 11.2. The maximum absolute atomic E-state index is 15.9. The molecule has 0 radical (unpaired) electrons. The van der Waals surface area contributed by atoms with Crippen LogP contribution in [0.5, 0.6) is 17.2 Å². The number of carbonyl (C=O) groups is 1. The van der Waals surface area contributed by atoms with E-state index >= 15 is 4.39 Å². The molecule has 1 aliphatic rings. The van der Waals surface area contributed by atoms with Crippen molar-refractivity contribution in [2.45, 2.75) is 6.92 Å². The van der Waals surface area contributed by atoms with Gasteiger partial charge in [-0.25, -0.2) is 24.0 Å². The Labute approximate surface area is 240 Å². The first-order valence-electron chi connectivity index (χ1n) is 13.3. The van der Waals surface area contributed by atoms with E-state index in [1.807, 2.05) is 18.2 Å². The van der Waals surface area contributed by atoms with Crippen LogP contribution in [0.1, 0.15) is 5.56 Å². The van der Waals surface area contributed by atoms with Crippen LogP contribution in [0, 0.1) is 12.7 Å². The van der Waals surface area contributed by atoms with Crippen molar-refractivity contribution in [3.8, 4) is 17.2 Å². The van der Waals surface area contributed by atoms with Crippen LogP contribution in [0.15, 0.2) is 55.4 Å². The molecule has 0 spiro atoms. The van der Waals surface area contributed by atoms with Crippen LogP contribution in [0.2, 0.25) is 0 Å². The number of anilines is 3. The number of hydrogen-bond donors (Lipinski definition) is 1. The highest BCUT2D eigenvalue weighted by Crippen LogP contribution is 2.40. The van der Waals surface area contributed by atoms with Gasteiger partial charge in [-0.2, -0.15) is 0 Å². The second-order valence-electron chi connectivity index (χ2n) is 9.76. The van der Waals surface area contributed by atoms with Gasteiger partial charge in [-0.05, 0) is 37.3 Å². The largest absolute Gasteiger partial charge is 0.494 e. The Kier molecular flexibility index (Phi) is 6.98. The zero-order chi connectivity index (χ0) is 29.4. The molecule has 1 N–H and O–H groups in total. The van der Waals surface area contributed by atoms with Gasteiger partial charge in [0.2, 0.25) is 5.91 Å². The lowest BCUT2D eigenvalue weighted by Crippen LogP contribution is -2.48. The van der Waals surface area contributed by atoms with E-state index in [0.717, 1.165) is 5.52 Å².